The zero-order valence-corrected chi connectivity index (χ0v) is 10.2. The maximum atomic E-state index is 6.30. The third kappa shape index (κ3) is 1.94. The van der Waals surface area contributed by atoms with Gasteiger partial charge in [-0.15, -0.1) is 0 Å². The van der Waals surface area contributed by atoms with Crippen molar-refractivity contribution in [1.29, 1.82) is 0 Å². The van der Waals surface area contributed by atoms with Crippen molar-refractivity contribution in [2.75, 3.05) is 13.2 Å². The first-order chi connectivity index (χ1) is 8.19. The number of ether oxygens (including phenoxy) is 2. The van der Waals surface area contributed by atoms with Gasteiger partial charge in [-0.2, -0.15) is 0 Å². The van der Waals surface area contributed by atoms with Crippen LogP contribution in [0.4, 0.5) is 0 Å². The molecule has 1 atom stereocenters. The Morgan fingerprint density at radius 1 is 1.29 bits per heavy atom. The number of fused-ring (bicyclic) bond motifs is 1. The molecule has 2 aliphatic rings. The van der Waals surface area contributed by atoms with E-state index in [1.54, 1.807) is 0 Å². The third-order valence-electron chi connectivity index (χ3n) is 3.89. The summed E-state index contributed by atoms with van der Waals surface area (Å²) in [6, 6.07) is 6.38. The lowest BCUT2D eigenvalue weighted by Crippen LogP contribution is -2.47. The van der Waals surface area contributed by atoms with Gasteiger partial charge in [0, 0.05) is 30.9 Å². The van der Waals surface area contributed by atoms with E-state index in [0.717, 1.165) is 43.8 Å². The lowest BCUT2D eigenvalue weighted by atomic mass is 9.82. The number of nitrogens with two attached hydrogens (primary N) is 1. The average molecular weight is 233 g/mol. The van der Waals surface area contributed by atoms with Crippen molar-refractivity contribution < 1.29 is 9.47 Å². The highest BCUT2D eigenvalue weighted by atomic mass is 16.5. The summed E-state index contributed by atoms with van der Waals surface area (Å²) in [4.78, 5) is 0. The van der Waals surface area contributed by atoms with Crippen LogP contribution in [-0.4, -0.2) is 18.8 Å². The van der Waals surface area contributed by atoms with Crippen LogP contribution < -0.4 is 10.5 Å². The maximum Gasteiger partial charge on any atom is 0.124 e. The molecule has 1 fully saturated rings. The first-order valence-corrected chi connectivity index (χ1v) is 6.31. The molecule has 1 spiro atoms. The molecule has 3 nitrogen and oxygen atoms in total. The number of benzene rings is 1. The van der Waals surface area contributed by atoms with E-state index in [1.807, 2.05) is 0 Å². The van der Waals surface area contributed by atoms with Crippen molar-refractivity contribution in [1.82, 2.24) is 0 Å². The van der Waals surface area contributed by atoms with Crippen LogP contribution in [0.25, 0.3) is 0 Å². The summed E-state index contributed by atoms with van der Waals surface area (Å²) >= 11 is 0. The third-order valence-corrected chi connectivity index (χ3v) is 3.89. The van der Waals surface area contributed by atoms with E-state index < -0.39 is 0 Å². The summed E-state index contributed by atoms with van der Waals surface area (Å²) in [5.74, 6) is 0.969. The maximum absolute atomic E-state index is 6.30. The van der Waals surface area contributed by atoms with E-state index in [-0.39, 0.29) is 11.6 Å². The molecule has 0 saturated carbocycles. The Balaban J connectivity index is 1.94. The van der Waals surface area contributed by atoms with Gasteiger partial charge in [-0.1, -0.05) is 17.7 Å². The molecule has 3 heteroatoms. The van der Waals surface area contributed by atoms with Gasteiger partial charge in [0.25, 0.3) is 0 Å². The second-order valence-corrected chi connectivity index (χ2v) is 5.25. The average Bonchev–Trinajstić information content (AvgIpc) is 2.31. The SMILES string of the molecule is Cc1ccc2c(c1)[C@@H](N)CC1(CCOCC1)O2. The van der Waals surface area contributed by atoms with E-state index in [4.69, 9.17) is 15.2 Å². The molecular formula is C14H19NO2. The minimum Gasteiger partial charge on any atom is -0.487 e. The van der Waals surface area contributed by atoms with Crippen molar-refractivity contribution >= 4 is 0 Å². The Morgan fingerprint density at radius 3 is 2.82 bits per heavy atom. The van der Waals surface area contributed by atoms with Gasteiger partial charge >= 0.3 is 0 Å². The van der Waals surface area contributed by atoms with Gasteiger partial charge < -0.3 is 15.2 Å². The smallest absolute Gasteiger partial charge is 0.124 e. The summed E-state index contributed by atoms with van der Waals surface area (Å²) in [5.41, 5.74) is 8.61. The number of hydrogen-bond donors (Lipinski definition) is 1. The quantitative estimate of drug-likeness (QED) is 0.748. The molecule has 0 amide bonds. The Kier molecular flexibility index (Phi) is 2.60. The number of rotatable bonds is 0. The van der Waals surface area contributed by atoms with E-state index >= 15 is 0 Å². The predicted molar refractivity (Wildman–Crippen MR) is 66.1 cm³/mol. The molecule has 0 radical (unpaired) electrons. The zero-order valence-electron chi connectivity index (χ0n) is 10.2. The summed E-state index contributed by atoms with van der Waals surface area (Å²) in [6.07, 6.45) is 2.81. The number of aryl methyl sites for hydroxylation is 1. The zero-order chi connectivity index (χ0) is 11.9. The molecular weight excluding hydrogens is 214 g/mol. The van der Waals surface area contributed by atoms with Crippen LogP contribution in [0.5, 0.6) is 5.75 Å². The molecule has 2 aliphatic heterocycles. The highest BCUT2D eigenvalue weighted by molar-refractivity contribution is 5.41. The van der Waals surface area contributed by atoms with Gasteiger partial charge in [0.05, 0.1) is 13.2 Å². The van der Waals surface area contributed by atoms with Crippen molar-refractivity contribution in [3.63, 3.8) is 0 Å². The van der Waals surface area contributed by atoms with Crippen LogP contribution in [-0.2, 0) is 4.74 Å². The fourth-order valence-electron chi connectivity index (χ4n) is 2.89. The first kappa shape index (κ1) is 11.1. The van der Waals surface area contributed by atoms with E-state index in [9.17, 15) is 0 Å². The topological polar surface area (TPSA) is 44.5 Å². The van der Waals surface area contributed by atoms with Gasteiger partial charge in [0.15, 0.2) is 0 Å². The molecule has 3 rings (SSSR count). The lowest BCUT2D eigenvalue weighted by Gasteiger charge is -2.43. The van der Waals surface area contributed by atoms with Gasteiger partial charge in [-0.3, -0.25) is 0 Å². The monoisotopic (exact) mass is 233 g/mol. The number of hydrogen-bond acceptors (Lipinski definition) is 3. The van der Waals surface area contributed by atoms with Crippen molar-refractivity contribution in [2.45, 2.75) is 37.8 Å². The van der Waals surface area contributed by atoms with E-state index in [1.165, 1.54) is 5.56 Å². The van der Waals surface area contributed by atoms with Crippen LogP contribution in [0.3, 0.4) is 0 Å². The Morgan fingerprint density at radius 2 is 2.06 bits per heavy atom. The molecule has 0 aliphatic carbocycles. The molecule has 2 N–H and O–H groups in total. The molecule has 0 unspecified atom stereocenters. The van der Waals surface area contributed by atoms with Gasteiger partial charge in [-0.25, -0.2) is 0 Å². The minimum atomic E-state index is -0.0834. The Labute approximate surface area is 102 Å². The highest BCUT2D eigenvalue weighted by Gasteiger charge is 2.41. The van der Waals surface area contributed by atoms with Crippen molar-refractivity contribution in [3.8, 4) is 5.75 Å². The molecule has 2 heterocycles. The minimum absolute atomic E-state index is 0.0834. The Hall–Kier alpha value is -1.06. The van der Waals surface area contributed by atoms with Crippen molar-refractivity contribution in [3.05, 3.63) is 29.3 Å². The summed E-state index contributed by atoms with van der Waals surface area (Å²) < 4.78 is 11.6. The predicted octanol–water partition coefficient (Wildman–Crippen LogP) is 2.33. The second kappa shape index (κ2) is 4.00. The van der Waals surface area contributed by atoms with Crippen molar-refractivity contribution in [2.24, 2.45) is 5.73 Å². The summed E-state index contributed by atoms with van der Waals surface area (Å²) in [6.45, 7) is 3.66. The molecule has 1 aromatic carbocycles. The van der Waals surface area contributed by atoms with Gasteiger partial charge in [-0.05, 0) is 13.0 Å². The van der Waals surface area contributed by atoms with Crippen LogP contribution in [0.1, 0.15) is 36.4 Å². The van der Waals surface area contributed by atoms with Crippen LogP contribution in [0.2, 0.25) is 0 Å². The molecule has 17 heavy (non-hydrogen) atoms. The normalized spacial score (nSPS) is 26.4. The van der Waals surface area contributed by atoms with Crippen LogP contribution >= 0.6 is 0 Å². The summed E-state index contributed by atoms with van der Waals surface area (Å²) in [7, 11) is 0. The summed E-state index contributed by atoms with van der Waals surface area (Å²) in [5, 5.41) is 0. The van der Waals surface area contributed by atoms with E-state index in [2.05, 4.69) is 25.1 Å². The first-order valence-electron chi connectivity index (χ1n) is 6.31. The molecule has 1 saturated heterocycles. The Bertz CT molecular complexity index is 424. The van der Waals surface area contributed by atoms with Crippen LogP contribution in [0, 0.1) is 6.92 Å². The molecule has 0 aromatic heterocycles. The largest absolute Gasteiger partial charge is 0.487 e. The van der Waals surface area contributed by atoms with E-state index in [0.29, 0.717) is 0 Å². The fourth-order valence-corrected chi connectivity index (χ4v) is 2.89. The molecule has 0 bridgehead atoms. The highest BCUT2D eigenvalue weighted by Crippen LogP contribution is 2.43. The lowest BCUT2D eigenvalue weighted by molar-refractivity contribution is -0.0621. The van der Waals surface area contributed by atoms with Gasteiger partial charge in [0.1, 0.15) is 11.4 Å². The fraction of sp³-hybridized carbons (Fsp3) is 0.571. The standard InChI is InChI=1S/C14H19NO2/c1-10-2-3-13-11(8-10)12(15)9-14(17-13)4-6-16-7-5-14/h2-3,8,12H,4-7,9,15H2,1H3/t12-/m0/s1. The second-order valence-electron chi connectivity index (χ2n) is 5.25. The molecule has 92 valence electrons. The van der Waals surface area contributed by atoms with Crippen LogP contribution in [0.15, 0.2) is 18.2 Å². The van der Waals surface area contributed by atoms with Gasteiger partial charge in [0.2, 0.25) is 0 Å². The molecule has 1 aromatic rings.